The van der Waals surface area contributed by atoms with Crippen molar-refractivity contribution in [2.24, 2.45) is 5.41 Å². The fraction of sp³-hybridized carbons (Fsp3) is 0.333. The summed E-state index contributed by atoms with van der Waals surface area (Å²) >= 11 is 1.28. The molecule has 3 aromatic rings. The van der Waals surface area contributed by atoms with Gasteiger partial charge >= 0.3 is 0 Å². The standard InChI is InChI=1S/C27H29FN4O3S/c1-14-11-29-24(34)17-9-19(15(2)21(28)10-17)18-7-6-16(23(33)30-13-27(3,4)5)8-20(18)25(35)32-26-31-22(14)12-36-26/h6-10,12,14H,11,13H2,1-5H3,(H,29,34)(H,30,33)(H,31,32,35). The topological polar surface area (TPSA) is 100 Å². The van der Waals surface area contributed by atoms with Crippen molar-refractivity contribution in [1.29, 1.82) is 0 Å². The molecule has 1 aliphatic heterocycles. The first-order chi connectivity index (χ1) is 16.9. The maximum atomic E-state index is 15.0. The summed E-state index contributed by atoms with van der Waals surface area (Å²) in [5.74, 6) is -1.88. The van der Waals surface area contributed by atoms with Crippen molar-refractivity contribution in [1.82, 2.24) is 15.6 Å². The van der Waals surface area contributed by atoms with Gasteiger partial charge in [0.05, 0.1) is 5.69 Å². The van der Waals surface area contributed by atoms with Gasteiger partial charge in [0.25, 0.3) is 17.7 Å². The zero-order valence-corrected chi connectivity index (χ0v) is 21.7. The molecular weight excluding hydrogens is 479 g/mol. The summed E-state index contributed by atoms with van der Waals surface area (Å²) < 4.78 is 15.0. The highest BCUT2D eigenvalue weighted by Crippen LogP contribution is 2.32. The lowest BCUT2D eigenvalue weighted by Gasteiger charge is -2.19. The number of amides is 3. The molecule has 2 aromatic carbocycles. The van der Waals surface area contributed by atoms with E-state index >= 15 is 0 Å². The van der Waals surface area contributed by atoms with E-state index < -0.39 is 17.6 Å². The van der Waals surface area contributed by atoms with Crippen LogP contribution in [0.2, 0.25) is 0 Å². The van der Waals surface area contributed by atoms with Crippen LogP contribution in [0.15, 0.2) is 35.7 Å². The number of rotatable bonds is 2. The van der Waals surface area contributed by atoms with Crippen LogP contribution in [0.25, 0.3) is 11.1 Å². The Morgan fingerprint density at radius 2 is 1.89 bits per heavy atom. The van der Waals surface area contributed by atoms with E-state index in [1.165, 1.54) is 23.5 Å². The number of carbonyl (C=O) groups is 3. The molecule has 0 spiro atoms. The third kappa shape index (κ3) is 5.46. The van der Waals surface area contributed by atoms with Crippen LogP contribution in [0.1, 0.15) is 75.9 Å². The molecule has 1 unspecified atom stereocenters. The lowest BCUT2D eigenvalue weighted by molar-refractivity contribution is 0.0935. The number of thiazole rings is 1. The number of hydrogen-bond acceptors (Lipinski definition) is 5. The minimum atomic E-state index is -0.557. The minimum absolute atomic E-state index is 0.112. The van der Waals surface area contributed by atoms with E-state index in [9.17, 15) is 18.8 Å². The number of anilines is 1. The molecule has 3 N–H and O–H groups in total. The van der Waals surface area contributed by atoms with Gasteiger partial charge in [0.2, 0.25) is 0 Å². The van der Waals surface area contributed by atoms with Gasteiger partial charge in [-0.1, -0.05) is 33.8 Å². The first kappa shape index (κ1) is 25.5. The van der Waals surface area contributed by atoms with Crippen LogP contribution < -0.4 is 16.0 Å². The zero-order valence-electron chi connectivity index (χ0n) is 20.9. The molecule has 0 fully saturated rings. The van der Waals surface area contributed by atoms with Gasteiger partial charge in [0, 0.05) is 41.1 Å². The van der Waals surface area contributed by atoms with Crippen LogP contribution in [-0.2, 0) is 0 Å². The van der Waals surface area contributed by atoms with Crippen molar-refractivity contribution in [3.05, 3.63) is 69.5 Å². The molecule has 0 saturated carbocycles. The number of benzene rings is 2. The second kappa shape index (κ2) is 9.81. The van der Waals surface area contributed by atoms with Crippen molar-refractivity contribution in [2.75, 3.05) is 18.4 Å². The fourth-order valence-corrected chi connectivity index (χ4v) is 4.66. The van der Waals surface area contributed by atoms with Crippen LogP contribution >= 0.6 is 11.3 Å². The molecule has 2 heterocycles. The fourth-order valence-electron chi connectivity index (χ4n) is 3.83. The molecule has 0 radical (unpaired) electrons. The molecule has 188 valence electrons. The molecule has 3 amide bonds. The summed E-state index contributed by atoms with van der Waals surface area (Å²) in [4.78, 5) is 43.7. The molecule has 1 atom stereocenters. The summed E-state index contributed by atoms with van der Waals surface area (Å²) in [5, 5.41) is 10.8. The van der Waals surface area contributed by atoms with Crippen molar-refractivity contribution < 1.29 is 18.8 Å². The van der Waals surface area contributed by atoms with E-state index in [4.69, 9.17) is 0 Å². The molecule has 0 saturated heterocycles. The third-order valence-electron chi connectivity index (χ3n) is 6.02. The Balaban J connectivity index is 1.86. The van der Waals surface area contributed by atoms with Crippen LogP contribution in [0.3, 0.4) is 0 Å². The highest BCUT2D eigenvalue weighted by molar-refractivity contribution is 7.14. The lowest BCUT2D eigenvalue weighted by Crippen LogP contribution is -2.32. The molecule has 1 aliphatic rings. The van der Waals surface area contributed by atoms with Gasteiger partial charge in [0.15, 0.2) is 5.13 Å². The van der Waals surface area contributed by atoms with Crippen molar-refractivity contribution in [3.63, 3.8) is 0 Å². The SMILES string of the molecule is Cc1c(F)cc2cc1-c1ccc(C(=O)NCC(C)(C)C)cc1C(=O)Nc1nc(cs1)C(C)CNC2=O. The second-order valence-corrected chi connectivity index (χ2v) is 11.1. The first-order valence-corrected chi connectivity index (χ1v) is 12.6. The van der Waals surface area contributed by atoms with Gasteiger partial charge in [-0.05, 0) is 53.3 Å². The van der Waals surface area contributed by atoms with E-state index in [0.29, 0.717) is 40.5 Å². The quantitative estimate of drug-likeness (QED) is 0.447. The predicted octanol–water partition coefficient (Wildman–Crippen LogP) is 5.13. The normalized spacial score (nSPS) is 15.9. The second-order valence-electron chi connectivity index (χ2n) is 10.3. The number of fused-ring (bicyclic) bond motifs is 6. The Labute approximate surface area is 213 Å². The van der Waals surface area contributed by atoms with E-state index in [1.54, 1.807) is 25.1 Å². The molecule has 7 nitrogen and oxygen atoms in total. The van der Waals surface area contributed by atoms with Crippen molar-refractivity contribution in [2.45, 2.75) is 40.5 Å². The summed E-state index contributed by atoms with van der Waals surface area (Å²) in [5.41, 5.74) is 2.34. The van der Waals surface area contributed by atoms with E-state index in [-0.39, 0.29) is 28.4 Å². The Morgan fingerprint density at radius 1 is 1.14 bits per heavy atom. The van der Waals surface area contributed by atoms with Crippen LogP contribution in [-0.4, -0.2) is 35.8 Å². The number of carbonyl (C=O) groups excluding carboxylic acids is 3. The van der Waals surface area contributed by atoms with E-state index in [0.717, 1.165) is 5.69 Å². The average molecular weight is 509 g/mol. The maximum Gasteiger partial charge on any atom is 0.258 e. The molecule has 0 aliphatic carbocycles. The zero-order chi connectivity index (χ0) is 26.2. The Morgan fingerprint density at radius 3 is 2.61 bits per heavy atom. The Kier molecular flexibility index (Phi) is 6.95. The number of aromatic nitrogens is 1. The Bertz CT molecular complexity index is 1360. The minimum Gasteiger partial charge on any atom is -0.352 e. The van der Waals surface area contributed by atoms with Gasteiger partial charge in [-0.15, -0.1) is 11.3 Å². The summed E-state index contributed by atoms with van der Waals surface area (Å²) in [6, 6.07) is 7.48. The predicted molar refractivity (Wildman–Crippen MR) is 139 cm³/mol. The summed E-state index contributed by atoms with van der Waals surface area (Å²) in [6.07, 6.45) is 0. The Hall–Kier alpha value is -3.59. The van der Waals surface area contributed by atoms with Gasteiger partial charge in [-0.25, -0.2) is 9.37 Å². The number of nitrogens with one attached hydrogen (secondary N) is 3. The maximum absolute atomic E-state index is 15.0. The molecular formula is C27H29FN4O3S. The summed E-state index contributed by atoms with van der Waals surface area (Å²) in [6.45, 7) is 10.3. The van der Waals surface area contributed by atoms with Gasteiger partial charge in [-0.3, -0.25) is 19.7 Å². The molecule has 4 bridgehead atoms. The van der Waals surface area contributed by atoms with Crippen LogP contribution in [0, 0.1) is 18.2 Å². The van der Waals surface area contributed by atoms with Crippen LogP contribution in [0.5, 0.6) is 0 Å². The monoisotopic (exact) mass is 508 g/mol. The molecule has 1 aromatic heterocycles. The van der Waals surface area contributed by atoms with E-state index in [2.05, 4.69) is 20.9 Å². The number of hydrogen-bond donors (Lipinski definition) is 3. The lowest BCUT2D eigenvalue weighted by atomic mass is 9.91. The smallest absolute Gasteiger partial charge is 0.258 e. The highest BCUT2D eigenvalue weighted by atomic mass is 32.1. The first-order valence-electron chi connectivity index (χ1n) is 11.7. The highest BCUT2D eigenvalue weighted by Gasteiger charge is 2.23. The van der Waals surface area contributed by atoms with Crippen LogP contribution in [0.4, 0.5) is 9.52 Å². The summed E-state index contributed by atoms with van der Waals surface area (Å²) in [7, 11) is 0. The molecule has 9 heteroatoms. The molecule has 36 heavy (non-hydrogen) atoms. The van der Waals surface area contributed by atoms with Crippen molar-refractivity contribution in [3.8, 4) is 11.1 Å². The van der Waals surface area contributed by atoms with Crippen molar-refractivity contribution >= 4 is 34.2 Å². The average Bonchev–Trinajstić information content (AvgIpc) is 3.29. The van der Waals surface area contributed by atoms with Gasteiger partial charge in [-0.2, -0.15) is 0 Å². The third-order valence-corrected chi connectivity index (χ3v) is 6.79. The molecule has 4 rings (SSSR count). The van der Waals surface area contributed by atoms with E-state index in [1.807, 2.05) is 33.1 Å². The van der Waals surface area contributed by atoms with Gasteiger partial charge < -0.3 is 10.6 Å². The largest absolute Gasteiger partial charge is 0.352 e. The number of nitrogens with zero attached hydrogens (tertiary/aromatic N) is 1. The number of halogens is 1. The van der Waals surface area contributed by atoms with Gasteiger partial charge in [0.1, 0.15) is 5.82 Å².